The summed E-state index contributed by atoms with van der Waals surface area (Å²) in [5, 5.41) is 0. The van der Waals surface area contributed by atoms with Gasteiger partial charge in [0.1, 0.15) is 0 Å². The maximum Gasteiger partial charge on any atom is 0.218 e. The van der Waals surface area contributed by atoms with Crippen LogP contribution in [0.5, 0.6) is 0 Å². The summed E-state index contributed by atoms with van der Waals surface area (Å²) in [6.07, 6.45) is 0.897. The molecule has 106 valence electrons. The zero-order valence-corrected chi connectivity index (χ0v) is 12.2. The van der Waals surface area contributed by atoms with Crippen molar-refractivity contribution in [2.24, 2.45) is 0 Å². The Labute approximate surface area is 115 Å². The second kappa shape index (κ2) is 5.48. The molecule has 0 bridgehead atoms. The topological polar surface area (TPSA) is 66.6 Å². The average molecular weight is 283 g/mol. The summed E-state index contributed by atoms with van der Waals surface area (Å²) in [6, 6.07) is 7.33. The maximum absolute atomic E-state index is 12.3. The second-order valence-corrected chi connectivity index (χ2v) is 7.23. The van der Waals surface area contributed by atoms with Crippen LogP contribution in [0, 0.1) is 0 Å². The molecule has 1 aliphatic rings. The Morgan fingerprint density at radius 1 is 1.32 bits per heavy atom. The first kappa shape index (κ1) is 14.3. The van der Waals surface area contributed by atoms with Crippen LogP contribution in [0.15, 0.2) is 24.3 Å². The van der Waals surface area contributed by atoms with Crippen molar-refractivity contribution in [3.63, 3.8) is 0 Å². The molecule has 2 N–H and O–H groups in total. The molecule has 2 rings (SSSR count). The summed E-state index contributed by atoms with van der Waals surface area (Å²) in [7, 11) is 0.747. The summed E-state index contributed by atoms with van der Waals surface area (Å²) in [5.74, 6) is 0.0490. The van der Waals surface area contributed by atoms with Gasteiger partial charge in [0.2, 0.25) is 10.0 Å². The summed E-state index contributed by atoms with van der Waals surface area (Å²) in [4.78, 5) is 2.08. The van der Waals surface area contributed by atoms with E-state index in [1.165, 1.54) is 0 Å². The highest BCUT2D eigenvalue weighted by Crippen LogP contribution is 2.20. The quantitative estimate of drug-likeness (QED) is 0.828. The van der Waals surface area contributed by atoms with Gasteiger partial charge in [-0.3, -0.25) is 0 Å². The van der Waals surface area contributed by atoms with E-state index in [4.69, 9.17) is 5.73 Å². The fourth-order valence-electron chi connectivity index (χ4n) is 2.30. The number of likely N-dealkylation sites (N-methyl/N-ethyl adjacent to an activating group) is 1. The van der Waals surface area contributed by atoms with E-state index in [2.05, 4.69) is 4.90 Å². The zero-order valence-electron chi connectivity index (χ0n) is 11.4. The van der Waals surface area contributed by atoms with Gasteiger partial charge in [-0.1, -0.05) is 12.1 Å². The van der Waals surface area contributed by atoms with Crippen molar-refractivity contribution < 1.29 is 8.42 Å². The lowest BCUT2D eigenvalue weighted by atomic mass is 10.2. The van der Waals surface area contributed by atoms with Crippen molar-refractivity contribution in [1.82, 2.24) is 9.21 Å². The number of sulfonamides is 1. The van der Waals surface area contributed by atoms with Crippen molar-refractivity contribution >= 4 is 15.7 Å². The molecule has 0 radical (unpaired) electrons. The first-order valence-corrected chi connectivity index (χ1v) is 7.98. The number of anilines is 1. The lowest BCUT2D eigenvalue weighted by Crippen LogP contribution is -2.35. The SMILES string of the molecule is CN(C)C1CCN(S(=O)(=O)Cc2ccc(N)cc2)C1. The van der Waals surface area contributed by atoms with E-state index in [0.717, 1.165) is 12.0 Å². The van der Waals surface area contributed by atoms with E-state index in [9.17, 15) is 8.42 Å². The van der Waals surface area contributed by atoms with E-state index < -0.39 is 10.0 Å². The predicted octanol–water partition coefficient (Wildman–Crippen LogP) is 0.734. The van der Waals surface area contributed by atoms with Crippen molar-refractivity contribution in [1.29, 1.82) is 0 Å². The third-order valence-electron chi connectivity index (χ3n) is 3.58. The highest BCUT2D eigenvalue weighted by Gasteiger charge is 2.32. The highest BCUT2D eigenvalue weighted by atomic mass is 32.2. The Bertz CT molecular complexity index is 525. The number of hydrogen-bond donors (Lipinski definition) is 1. The van der Waals surface area contributed by atoms with Gasteiger partial charge in [-0.2, -0.15) is 0 Å². The van der Waals surface area contributed by atoms with Crippen molar-refractivity contribution in [2.75, 3.05) is 32.9 Å². The normalized spacial score (nSPS) is 21.1. The van der Waals surface area contributed by atoms with Gasteiger partial charge in [0, 0.05) is 24.8 Å². The molecule has 0 aromatic heterocycles. The predicted molar refractivity (Wildman–Crippen MR) is 77.1 cm³/mol. The molecule has 1 fully saturated rings. The fraction of sp³-hybridized carbons (Fsp3) is 0.538. The molecule has 0 saturated carbocycles. The molecule has 1 atom stereocenters. The summed E-state index contributed by atoms with van der Waals surface area (Å²) < 4.78 is 26.3. The number of nitrogens with two attached hydrogens (primary N) is 1. The first-order valence-electron chi connectivity index (χ1n) is 6.37. The molecule has 0 amide bonds. The van der Waals surface area contributed by atoms with Crippen LogP contribution >= 0.6 is 0 Å². The van der Waals surface area contributed by atoms with E-state index >= 15 is 0 Å². The highest BCUT2D eigenvalue weighted by molar-refractivity contribution is 7.88. The van der Waals surface area contributed by atoms with Gasteiger partial charge in [0.05, 0.1) is 5.75 Å². The monoisotopic (exact) mass is 283 g/mol. The van der Waals surface area contributed by atoms with Gasteiger partial charge < -0.3 is 10.6 Å². The Hall–Kier alpha value is -1.11. The van der Waals surface area contributed by atoms with Gasteiger partial charge >= 0.3 is 0 Å². The van der Waals surface area contributed by atoms with Crippen molar-refractivity contribution in [3.05, 3.63) is 29.8 Å². The molecule has 0 aliphatic carbocycles. The van der Waals surface area contributed by atoms with Gasteiger partial charge in [0.15, 0.2) is 0 Å². The molecule has 19 heavy (non-hydrogen) atoms. The average Bonchev–Trinajstić information content (AvgIpc) is 2.82. The zero-order chi connectivity index (χ0) is 14.0. The van der Waals surface area contributed by atoms with E-state index in [1.807, 2.05) is 14.1 Å². The standard InChI is InChI=1S/C13H21N3O2S/c1-15(2)13-7-8-16(9-13)19(17,18)10-11-3-5-12(14)6-4-11/h3-6,13H,7-10,14H2,1-2H3. The molecule has 1 unspecified atom stereocenters. The van der Waals surface area contributed by atoms with Gasteiger partial charge in [-0.25, -0.2) is 12.7 Å². The Morgan fingerprint density at radius 2 is 1.95 bits per heavy atom. The molecular formula is C13H21N3O2S. The van der Waals surface area contributed by atoms with Crippen LogP contribution < -0.4 is 5.73 Å². The first-order chi connectivity index (χ1) is 8.88. The smallest absolute Gasteiger partial charge is 0.218 e. The van der Waals surface area contributed by atoms with Crippen molar-refractivity contribution in [3.8, 4) is 0 Å². The van der Waals surface area contributed by atoms with Gasteiger partial charge in [-0.05, 0) is 38.2 Å². The minimum Gasteiger partial charge on any atom is -0.399 e. The van der Waals surface area contributed by atoms with E-state index in [1.54, 1.807) is 28.6 Å². The third kappa shape index (κ3) is 3.46. The minimum absolute atomic E-state index is 0.0490. The van der Waals surface area contributed by atoms with Gasteiger partial charge in [-0.15, -0.1) is 0 Å². The number of hydrogen-bond acceptors (Lipinski definition) is 4. The number of nitrogens with zero attached hydrogens (tertiary/aromatic N) is 2. The fourth-order valence-corrected chi connectivity index (χ4v) is 3.88. The summed E-state index contributed by atoms with van der Waals surface area (Å²) in [5.41, 5.74) is 7.03. The third-order valence-corrected chi connectivity index (χ3v) is 5.40. The van der Waals surface area contributed by atoms with E-state index in [-0.39, 0.29) is 5.75 Å². The Morgan fingerprint density at radius 3 is 2.47 bits per heavy atom. The van der Waals surface area contributed by atoms with Crippen LogP contribution in [-0.2, 0) is 15.8 Å². The van der Waals surface area contributed by atoms with E-state index in [0.29, 0.717) is 24.8 Å². The molecule has 1 aromatic rings. The molecule has 1 heterocycles. The maximum atomic E-state index is 12.3. The number of nitrogen functional groups attached to an aromatic ring is 1. The molecule has 0 spiro atoms. The van der Waals surface area contributed by atoms with Crippen molar-refractivity contribution in [2.45, 2.75) is 18.2 Å². The van der Waals surface area contributed by atoms with Crippen LogP contribution in [0.1, 0.15) is 12.0 Å². The second-order valence-electron chi connectivity index (χ2n) is 5.26. The number of rotatable bonds is 4. The van der Waals surface area contributed by atoms with Crippen LogP contribution in [0.4, 0.5) is 5.69 Å². The molecular weight excluding hydrogens is 262 g/mol. The molecule has 6 heteroatoms. The lowest BCUT2D eigenvalue weighted by Gasteiger charge is -2.20. The minimum atomic E-state index is -3.23. The largest absolute Gasteiger partial charge is 0.399 e. The molecule has 5 nitrogen and oxygen atoms in total. The van der Waals surface area contributed by atoms with Crippen LogP contribution in [0.25, 0.3) is 0 Å². The van der Waals surface area contributed by atoms with Gasteiger partial charge in [0.25, 0.3) is 0 Å². The Balaban J connectivity index is 2.05. The summed E-state index contributed by atoms with van der Waals surface area (Å²) >= 11 is 0. The number of benzene rings is 1. The molecule has 1 saturated heterocycles. The molecule has 1 aromatic carbocycles. The summed E-state index contributed by atoms with van der Waals surface area (Å²) in [6.45, 7) is 1.20. The Kier molecular flexibility index (Phi) is 4.13. The van der Waals surface area contributed by atoms with Crippen LogP contribution in [0.2, 0.25) is 0 Å². The van der Waals surface area contributed by atoms with Crippen LogP contribution in [0.3, 0.4) is 0 Å². The lowest BCUT2D eigenvalue weighted by molar-refractivity contribution is 0.302. The van der Waals surface area contributed by atoms with Crippen LogP contribution in [-0.4, -0.2) is 50.8 Å². The molecule has 1 aliphatic heterocycles.